The van der Waals surface area contributed by atoms with Crippen LogP contribution in [-0.4, -0.2) is 30.2 Å². The number of primary amides is 1. The predicted molar refractivity (Wildman–Crippen MR) is 125 cm³/mol. The summed E-state index contributed by atoms with van der Waals surface area (Å²) in [6.07, 6.45) is -4.95. The van der Waals surface area contributed by atoms with Crippen LogP contribution >= 0.6 is 11.8 Å². The van der Waals surface area contributed by atoms with Crippen molar-refractivity contribution in [2.75, 3.05) is 16.3 Å². The number of fused-ring (bicyclic) bond motifs is 1. The zero-order valence-electron chi connectivity index (χ0n) is 18.6. The Kier molecular flexibility index (Phi) is 7.00. The lowest BCUT2D eigenvalue weighted by Crippen LogP contribution is -2.25. The minimum absolute atomic E-state index is 0.0192. The van der Waals surface area contributed by atoms with Crippen LogP contribution in [0.4, 0.5) is 49.1 Å². The Bertz CT molecular complexity index is 1310. The van der Waals surface area contributed by atoms with Crippen LogP contribution in [0.2, 0.25) is 0 Å². The third-order valence-corrected chi connectivity index (χ3v) is 6.04. The van der Waals surface area contributed by atoms with Crippen molar-refractivity contribution in [1.29, 1.82) is 0 Å². The Morgan fingerprint density at radius 2 is 1.49 bits per heavy atom. The molecule has 0 aliphatic carbocycles. The van der Waals surface area contributed by atoms with Gasteiger partial charge in [-0.15, -0.1) is 13.2 Å². The number of thioether (sulfide) groups is 1. The van der Waals surface area contributed by atoms with Gasteiger partial charge < -0.3 is 15.4 Å². The lowest BCUT2D eigenvalue weighted by molar-refractivity contribution is -0.274. The van der Waals surface area contributed by atoms with Gasteiger partial charge in [-0.05, 0) is 78.5 Å². The van der Waals surface area contributed by atoms with E-state index in [-0.39, 0.29) is 46.6 Å². The topological polar surface area (TPSA) is 75.9 Å². The van der Waals surface area contributed by atoms with E-state index in [0.29, 0.717) is 11.4 Å². The van der Waals surface area contributed by atoms with Gasteiger partial charge in [0.2, 0.25) is 11.8 Å². The summed E-state index contributed by atoms with van der Waals surface area (Å²) in [5.41, 5.74) is 2.40. The molecule has 13 heteroatoms. The van der Waals surface area contributed by atoms with Gasteiger partial charge in [-0.1, -0.05) is 0 Å². The molecule has 1 aliphatic rings. The summed E-state index contributed by atoms with van der Waals surface area (Å²) in [5.74, 6) is -1.68. The maximum absolute atomic E-state index is 13.2. The molecule has 3 aromatic carbocycles. The molecule has 0 fully saturated rings. The second-order valence-corrected chi connectivity index (χ2v) is 8.92. The van der Waals surface area contributed by atoms with Gasteiger partial charge in [0.05, 0.1) is 11.4 Å². The largest absolute Gasteiger partial charge is 0.573 e. The number of benzene rings is 3. The number of nitrogens with two attached hydrogens (primary N) is 1. The van der Waals surface area contributed by atoms with E-state index in [4.69, 9.17) is 5.73 Å². The fraction of sp³-hybridized carbons (Fsp3) is 0.167. The van der Waals surface area contributed by atoms with Crippen LogP contribution in [-0.2, 0) is 4.79 Å². The minimum Gasteiger partial charge on any atom is -0.406 e. The zero-order chi connectivity index (χ0) is 27.0. The summed E-state index contributed by atoms with van der Waals surface area (Å²) in [6, 6.07) is 14.5. The van der Waals surface area contributed by atoms with E-state index in [1.165, 1.54) is 53.4 Å². The first-order valence-corrected chi connectivity index (χ1v) is 11.4. The Balaban J connectivity index is 1.76. The van der Waals surface area contributed by atoms with E-state index in [2.05, 4.69) is 4.74 Å². The average Bonchev–Trinajstić information content (AvgIpc) is 2.94. The number of carbonyl (C=O) groups excluding carboxylic acids is 2. The average molecular weight is 541 g/mol. The second kappa shape index (κ2) is 9.88. The van der Waals surface area contributed by atoms with E-state index in [0.717, 1.165) is 12.1 Å². The van der Waals surface area contributed by atoms with E-state index in [1.807, 2.05) is 0 Å². The van der Waals surface area contributed by atoms with Gasteiger partial charge in [0, 0.05) is 34.8 Å². The molecule has 0 saturated carbocycles. The first-order valence-electron chi connectivity index (χ1n) is 10.6. The smallest absolute Gasteiger partial charge is 0.406 e. The standard InChI is InChI=1S/C24H17F6N3O3S/c25-23(26,27)36-17-6-2-16(3-7-17)33-20-13-14(22(31)35)1-10-19(20)32(12-11-21(33)34)15-4-8-18(9-5-15)37-24(28,29)30/h1-10,13H,11-12H2,(H2,31,35). The number of nitrogens with zero attached hydrogens (tertiary/aromatic N) is 2. The van der Waals surface area contributed by atoms with Crippen molar-refractivity contribution >= 4 is 46.3 Å². The summed E-state index contributed by atoms with van der Waals surface area (Å²) >= 11 is -0.259. The van der Waals surface area contributed by atoms with Gasteiger partial charge >= 0.3 is 11.9 Å². The number of halogens is 6. The molecule has 0 bridgehead atoms. The Hall–Kier alpha value is -3.87. The maximum atomic E-state index is 13.2. The number of hydrogen-bond acceptors (Lipinski definition) is 5. The van der Waals surface area contributed by atoms with Crippen LogP contribution in [0.1, 0.15) is 16.8 Å². The van der Waals surface area contributed by atoms with Crippen LogP contribution in [0.15, 0.2) is 71.6 Å². The molecule has 0 radical (unpaired) electrons. The summed E-state index contributed by atoms with van der Waals surface area (Å²) in [6.45, 7) is 0.138. The lowest BCUT2D eigenvalue weighted by Gasteiger charge is -2.27. The van der Waals surface area contributed by atoms with Crippen molar-refractivity contribution in [3.05, 3.63) is 72.3 Å². The van der Waals surface area contributed by atoms with Gasteiger partial charge in [-0.2, -0.15) is 13.2 Å². The quantitative estimate of drug-likeness (QED) is 0.295. The number of ether oxygens (including phenoxy) is 1. The number of alkyl halides is 6. The third-order valence-electron chi connectivity index (χ3n) is 5.30. The molecular formula is C24H17F6N3O3S. The predicted octanol–water partition coefficient (Wildman–Crippen LogP) is 6.50. The Morgan fingerprint density at radius 1 is 0.865 bits per heavy atom. The van der Waals surface area contributed by atoms with Gasteiger partial charge in [0.15, 0.2) is 0 Å². The van der Waals surface area contributed by atoms with Gasteiger partial charge in [-0.3, -0.25) is 14.5 Å². The number of carbonyl (C=O) groups is 2. The fourth-order valence-electron chi connectivity index (χ4n) is 3.83. The molecule has 2 N–H and O–H groups in total. The number of amides is 2. The van der Waals surface area contributed by atoms with Crippen molar-refractivity contribution in [1.82, 2.24) is 0 Å². The molecule has 6 nitrogen and oxygen atoms in total. The number of hydrogen-bond donors (Lipinski definition) is 1. The Labute approximate surface area is 210 Å². The molecule has 1 aliphatic heterocycles. The molecule has 0 spiro atoms. The van der Waals surface area contributed by atoms with E-state index in [9.17, 15) is 35.9 Å². The molecule has 3 aromatic rings. The molecule has 194 valence electrons. The normalized spacial score (nSPS) is 14.3. The molecule has 37 heavy (non-hydrogen) atoms. The van der Waals surface area contributed by atoms with E-state index in [1.54, 1.807) is 11.0 Å². The van der Waals surface area contributed by atoms with Crippen LogP contribution in [0, 0.1) is 0 Å². The summed E-state index contributed by atoms with van der Waals surface area (Å²) in [7, 11) is 0. The SMILES string of the molecule is NC(=O)c1ccc2c(c1)N(c1ccc(OC(F)(F)F)cc1)C(=O)CCN2c1ccc(SC(F)(F)F)cc1. The number of anilines is 4. The fourth-order valence-corrected chi connectivity index (χ4v) is 4.37. The molecule has 0 unspecified atom stereocenters. The highest BCUT2D eigenvalue weighted by Gasteiger charge is 2.33. The Morgan fingerprint density at radius 3 is 2.05 bits per heavy atom. The molecule has 1 heterocycles. The molecule has 2 amide bonds. The monoisotopic (exact) mass is 541 g/mol. The second-order valence-electron chi connectivity index (χ2n) is 7.78. The van der Waals surface area contributed by atoms with Crippen molar-refractivity contribution in [2.24, 2.45) is 5.73 Å². The number of rotatable bonds is 5. The van der Waals surface area contributed by atoms with Gasteiger partial charge in [-0.25, -0.2) is 0 Å². The van der Waals surface area contributed by atoms with E-state index < -0.39 is 29.4 Å². The molecule has 0 saturated heterocycles. The molecular weight excluding hydrogens is 524 g/mol. The molecule has 0 aromatic heterocycles. The first-order chi connectivity index (χ1) is 17.3. The highest BCUT2D eigenvalue weighted by atomic mass is 32.2. The lowest BCUT2D eigenvalue weighted by atomic mass is 10.1. The molecule has 4 rings (SSSR count). The van der Waals surface area contributed by atoms with Gasteiger partial charge in [0.25, 0.3) is 0 Å². The zero-order valence-corrected chi connectivity index (χ0v) is 19.5. The third kappa shape index (κ3) is 6.28. The van der Waals surface area contributed by atoms with Crippen molar-refractivity contribution < 1.29 is 40.7 Å². The summed E-state index contributed by atoms with van der Waals surface area (Å²) < 4.78 is 79.7. The summed E-state index contributed by atoms with van der Waals surface area (Å²) in [4.78, 5) is 28.0. The minimum atomic E-state index is -4.89. The maximum Gasteiger partial charge on any atom is 0.573 e. The van der Waals surface area contributed by atoms with Crippen LogP contribution in [0.3, 0.4) is 0 Å². The van der Waals surface area contributed by atoms with Crippen molar-refractivity contribution in [3.8, 4) is 5.75 Å². The highest BCUT2D eigenvalue weighted by Crippen LogP contribution is 2.43. The van der Waals surface area contributed by atoms with E-state index >= 15 is 0 Å². The molecule has 0 atom stereocenters. The summed E-state index contributed by atoms with van der Waals surface area (Å²) in [5, 5.41) is 0. The van der Waals surface area contributed by atoms with Gasteiger partial charge in [0.1, 0.15) is 5.75 Å². The highest BCUT2D eigenvalue weighted by molar-refractivity contribution is 8.00. The van der Waals surface area contributed by atoms with Crippen LogP contribution < -0.4 is 20.3 Å². The first kappa shape index (κ1) is 26.2. The van der Waals surface area contributed by atoms with Crippen LogP contribution in [0.25, 0.3) is 0 Å². The van der Waals surface area contributed by atoms with Crippen molar-refractivity contribution in [2.45, 2.75) is 23.2 Å². The van der Waals surface area contributed by atoms with Crippen molar-refractivity contribution in [3.63, 3.8) is 0 Å². The van der Waals surface area contributed by atoms with Crippen LogP contribution in [0.5, 0.6) is 5.75 Å².